The van der Waals surface area contributed by atoms with E-state index < -0.39 is 6.04 Å². The molecule has 2 aromatic rings. The van der Waals surface area contributed by atoms with Gasteiger partial charge in [0.05, 0.1) is 11.9 Å². The molecular formula is C10H12FN5. The van der Waals surface area contributed by atoms with Gasteiger partial charge < -0.3 is 5.73 Å². The van der Waals surface area contributed by atoms with Crippen LogP contribution in [0.3, 0.4) is 0 Å². The van der Waals surface area contributed by atoms with Crippen LogP contribution in [0.5, 0.6) is 0 Å². The summed E-state index contributed by atoms with van der Waals surface area (Å²) in [6, 6.07) is 1.15. The molecule has 0 radical (unpaired) electrons. The van der Waals surface area contributed by atoms with Gasteiger partial charge in [-0.05, 0) is 6.07 Å². The van der Waals surface area contributed by atoms with E-state index in [1.807, 2.05) is 0 Å². The van der Waals surface area contributed by atoms with Crippen LogP contribution < -0.4 is 5.73 Å². The average Bonchev–Trinajstić information content (AvgIpc) is 2.64. The molecular weight excluding hydrogens is 209 g/mol. The molecule has 0 fully saturated rings. The highest BCUT2D eigenvalue weighted by Gasteiger charge is 2.13. The predicted molar refractivity (Wildman–Crippen MR) is 55.8 cm³/mol. The van der Waals surface area contributed by atoms with Gasteiger partial charge in [0.1, 0.15) is 5.82 Å². The van der Waals surface area contributed by atoms with Crippen molar-refractivity contribution in [2.75, 3.05) is 0 Å². The maximum atomic E-state index is 13.4. The zero-order valence-corrected chi connectivity index (χ0v) is 8.84. The molecule has 16 heavy (non-hydrogen) atoms. The fourth-order valence-electron chi connectivity index (χ4n) is 1.51. The van der Waals surface area contributed by atoms with Gasteiger partial charge in [-0.1, -0.05) is 5.21 Å². The average molecular weight is 221 g/mol. The molecule has 1 unspecified atom stereocenters. The third-order valence-electron chi connectivity index (χ3n) is 2.28. The highest BCUT2D eigenvalue weighted by atomic mass is 19.1. The first-order valence-corrected chi connectivity index (χ1v) is 4.87. The number of rotatable bonds is 3. The van der Waals surface area contributed by atoms with Gasteiger partial charge >= 0.3 is 0 Å². The van der Waals surface area contributed by atoms with Crippen LogP contribution in [0.1, 0.15) is 17.3 Å². The number of aryl methyl sites for hydroxylation is 1. The Morgan fingerprint density at radius 3 is 3.00 bits per heavy atom. The second-order valence-corrected chi connectivity index (χ2v) is 3.59. The molecule has 0 bridgehead atoms. The van der Waals surface area contributed by atoms with E-state index in [0.717, 1.165) is 11.9 Å². The molecule has 0 saturated heterocycles. The van der Waals surface area contributed by atoms with Crippen LogP contribution in [0.4, 0.5) is 4.39 Å². The minimum absolute atomic E-state index is 0.390. The summed E-state index contributed by atoms with van der Waals surface area (Å²) in [5, 5.41) is 7.70. The fraction of sp³-hybridized carbons (Fsp3) is 0.300. The molecule has 0 saturated carbocycles. The molecule has 2 rings (SSSR count). The molecule has 0 aliphatic heterocycles. The number of halogens is 1. The summed E-state index contributed by atoms with van der Waals surface area (Å²) >= 11 is 0. The van der Waals surface area contributed by atoms with Crippen molar-refractivity contribution in [3.63, 3.8) is 0 Å². The molecule has 0 aliphatic rings. The maximum Gasteiger partial charge on any atom is 0.146 e. The van der Waals surface area contributed by atoms with Crippen molar-refractivity contribution in [3.8, 4) is 0 Å². The van der Waals surface area contributed by atoms with Gasteiger partial charge in [-0.25, -0.2) is 4.39 Å². The topological polar surface area (TPSA) is 69.6 Å². The van der Waals surface area contributed by atoms with Crippen LogP contribution in [-0.4, -0.2) is 20.0 Å². The van der Waals surface area contributed by atoms with Crippen LogP contribution >= 0.6 is 0 Å². The Hall–Kier alpha value is -1.82. The summed E-state index contributed by atoms with van der Waals surface area (Å²) in [6.07, 6.45) is 4.90. The standard InChI is InChI=1S/C10H12FN5/c1-16-6-7(14-15-16)4-10(12)8-2-3-13-5-9(8)11/h2-3,5-6,10H,4,12H2,1H3. The third kappa shape index (κ3) is 2.22. The highest BCUT2D eigenvalue weighted by Crippen LogP contribution is 2.16. The normalized spacial score (nSPS) is 12.7. The molecule has 0 aliphatic carbocycles. The van der Waals surface area contributed by atoms with Crippen molar-refractivity contribution < 1.29 is 4.39 Å². The highest BCUT2D eigenvalue weighted by molar-refractivity contribution is 5.18. The van der Waals surface area contributed by atoms with Gasteiger partial charge in [0.15, 0.2) is 0 Å². The Bertz CT molecular complexity index is 482. The Morgan fingerprint density at radius 1 is 1.56 bits per heavy atom. The summed E-state index contributed by atoms with van der Waals surface area (Å²) < 4.78 is 15.0. The molecule has 2 heterocycles. The predicted octanol–water partition coefficient (Wildman–Crippen LogP) is 0.592. The molecule has 5 nitrogen and oxygen atoms in total. The zero-order chi connectivity index (χ0) is 11.5. The fourth-order valence-corrected chi connectivity index (χ4v) is 1.51. The summed E-state index contributed by atoms with van der Waals surface area (Å²) in [5.41, 5.74) is 7.08. The third-order valence-corrected chi connectivity index (χ3v) is 2.28. The van der Waals surface area contributed by atoms with Gasteiger partial charge in [0, 0.05) is 37.5 Å². The number of nitrogens with zero attached hydrogens (tertiary/aromatic N) is 4. The minimum Gasteiger partial charge on any atom is -0.324 e. The summed E-state index contributed by atoms with van der Waals surface area (Å²) in [5.74, 6) is -0.390. The van der Waals surface area contributed by atoms with E-state index in [1.165, 1.54) is 6.20 Å². The van der Waals surface area contributed by atoms with E-state index in [0.29, 0.717) is 12.0 Å². The van der Waals surface area contributed by atoms with Gasteiger partial charge in [-0.2, -0.15) is 0 Å². The number of pyridine rings is 1. The van der Waals surface area contributed by atoms with Crippen molar-refractivity contribution in [1.82, 2.24) is 20.0 Å². The first-order chi connectivity index (χ1) is 7.66. The lowest BCUT2D eigenvalue weighted by Gasteiger charge is -2.10. The van der Waals surface area contributed by atoms with E-state index in [2.05, 4.69) is 15.3 Å². The molecule has 0 aromatic carbocycles. The van der Waals surface area contributed by atoms with Crippen LogP contribution in [0, 0.1) is 5.82 Å². The van der Waals surface area contributed by atoms with Crippen molar-refractivity contribution in [1.29, 1.82) is 0 Å². The summed E-state index contributed by atoms with van der Waals surface area (Å²) in [7, 11) is 1.77. The first-order valence-electron chi connectivity index (χ1n) is 4.87. The van der Waals surface area contributed by atoms with Crippen LogP contribution in [0.2, 0.25) is 0 Å². The quantitative estimate of drug-likeness (QED) is 0.823. The summed E-state index contributed by atoms with van der Waals surface area (Å²) in [6.45, 7) is 0. The van der Waals surface area contributed by atoms with Crippen molar-refractivity contribution in [2.24, 2.45) is 12.8 Å². The second kappa shape index (κ2) is 4.36. The van der Waals surface area contributed by atoms with Gasteiger partial charge in [-0.3, -0.25) is 9.67 Å². The van der Waals surface area contributed by atoms with Crippen molar-refractivity contribution in [2.45, 2.75) is 12.5 Å². The lowest BCUT2D eigenvalue weighted by Crippen LogP contribution is -2.15. The molecule has 1 atom stereocenters. The maximum absolute atomic E-state index is 13.4. The van der Waals surface area contributed by atoms with Crippen LogP contribution in [-0.2, 0) is 13.5 Å². The lowest BCUT2D eigenvalue weighted by atomic mass is 10.0. The number of nitrogens with two attached hydrogens (primary N) is 1. The van der Waals surface area contributed by atoms with Gasteiger partial charge in [0.2, 0.25) is 0 Å². The summed E-state index contributed by atoms with van der Waals surface area (Å²) in [4.78, 5) is 3.68. The van der Waals surface area contributed by atoms with Gasteiger partial charge in [0.25, 0.3) is 0 Å². The lowest BCUT2D eigenvalue weighted by molar-refractivity contribution is 0.572. The van der Waals surface area contributed by atoms with Gasteiger partial charge in [-0.15, -0.1) is 5.10 Å². The van der Waals surface area contributed by atoms with E-state index in [-0.39, 0.29) is 5.82 Å². The first kappa shape index (κ1) is 10.7. The molecule has 2 N–H and O–H groups in total. The van der Waals surface area contributed by atoms with E-state index >= 15 is 0 Å². The zero-order valence-electron chi connectivity index (χ0n) is 8.84. The van der Waals surface area contributed by atoms with E-state index in [4.69, 9.17) is 5.73 Å². The van der Waals surface area contributed by atoms with E-state index in [1.54, 1.807) is 24.0 Å². The molecule has 0 spiro atoms. The molecule has 2 aromatic heterocycles. The largest absolute Gasteiger partial charge is 0.324 e. The Balaban J connectivity index is 2.14. The SMILES string of the molecule is Cn1cc(CC(N)c2ccncc2F)nn1. The Labute approximate surface area is 92.1 Å². The molecule has 84 valence electrons. The van der Waals surface area contributed by atoms with Crippen molar-refractivity contribution >= 4 is 0 Å². The number of hydrogen-bond acceptors (Lipinski definition) is 4. The minimum atomic E-state index is -0.431. The monoisotopic (exact) mass is 221 g/mol. The Kier molecular flexibility index (Phi) is 2.91. The van der Waals surface area contributed by atoms with Crippen LogP contribution in [0.25, 0.3) is 0 Å². The molecule has 6 heteroatoms. The second-order valence-electron chi connectivity index (χ2n) is 3.59. The van der Waals surface area contributed by atoms with Crippen molar-refractivity contribution in [3.05, 3.63) is 41.7 Å². The van der Waals surface area contributed by atoms with E-state index in [9.17, 15) is 4.39 Å². The van der Waals surface area contributed by atoms with Crippen LogP contribution in [0.15, 0.2) is 24.7 Å². The number of aromatic nitrogens is 4. The molecule has 0 amide bonds. The number of hydrogen-bond donors (Lipinski definition) is 1. The smallest absolute Gasteiger partial charge is 0.146 e. The Morgan fingerprint density at radius 2 is 2.38 bits per heavy atom.